The van der Waals surface area contributed by atoms with E-state index in [9.17, 15) is 5.53 Å². The highest BCUT2D eigenvalue weighted by Gasteiger charge is 2.14. The van der Waals surface area contributed by atoms with Gasteiger partial charge in [-0.3, -0.25) is 0 Å². The van der Waals surface area contributed by atoms with Crippen LogP contribution >= 0.6 is 0 Å². The molecular weight excluding hydrogens is 893 g/mol. The zero-order chi connectivity index (χ0) is 53.0. The van der Waals surface area contributed by atoms with Crippen molar-refractivity contribution in [2.75, 3.05) is 0 Å². The van der Waals surface area contributed by atoms with Crippen LogP contribution in [0.2, 0.25) is 0 Å². The van der Waals surface area contributed by atoms with Gasteiger partial charge in [0, 0.05) is 0 Å². The van der Waals surface area contributed by atoms with E-state index >= 15 is 0 Å². The van der Waals surface area contributed by atoms with Gasteiger partial charge >= 0.3 is 5.87 Å². The molecule has 0 saturated heterocycles. The summed E-state index contributed by atoms with van der Waals surface area (Å²) in [7, 11) is 0. The number of nitrogens with zero attached hydrogens (tertiary/aromatic N) is 2. The average Bonchev–Trinajstić information content (AvgIpc) is 3.41. The van der Waals surface area contributed by atoms with Crippen LogP contribution < -0.4 is 0 Å². The molecule has 0 radical (unpaired) electrons. The van der Waals surface area contributed by atoms with Gasteiger partial charge in [0.25, 0.3) is 0 Å². The zero-order valence-electron chi connectivity index (χ0n) is 50.5. The van der Waals surface area contributed by atoms with Gasteiger partial charge in [0.05, 0.1) is 5.57 Å². The lowest BCUT2D eigenvalue weighted by atomic mass is 9.87. The van der Waals surface area contributed by atoms with Crippen LogP contribution in [0.5, 0.6) is 0 Å². The van der Waals surface area contributed by atoms with Crippen molar-refractivity contribution in [3.8, 4) is 0 Å². The minimum absolute atomic E-state index is 0.892. The maximum Gasteiger partial charge on any atom is 0.303 e. The molecule has 422 valence electrons. The predicted molar refractivity (Wildman–Crippen MR) is 332 cm³/mol. The van der Waals surface area contributed by atoms with E-state index in [1.54, 1.807) is 0 Å². The van der Waals surface area contributed by atoms with Crippen LogP contribution in [0.15, 0.2) is 48.0 Å². The lowest BCUT2D eigenvalue weighted by molar-refractivity contribution is 0.00746. The molecule has 2 heteroatoms. The fourth-order valence-corrected chi connectivity index (χ4v) is 11.5. The first kappa shape index (κ1) is 67.4. The maximum absolute atomic E-state index is 9.96. The van der Waals surface area contributed by atoms with Gasteiger partial charge < -0.3 is 5.53 Å². The van der Waals surface area contributed by atoms with Gasteiger partial charge in [-0.15, -0.1) is 4.79 Å². The molecule has 0 atom stereocenters. The molecule has 0 bridgehead atoms. The predicted octanol–water partition coefficient (Wildman–Crippen LogP) is 24.5. The van der Waals surface area contributed by atoms with Crippen molar-refractivity contribution in [2.45, 2.75) is 362 Å². The number of aryl methyl sites for hydroxylation is 4. The number of hydrogen-bond donors (Lipinski definition) is 0. The van der Waals surface area contributed by atoms with E-state index in [0.29, 0.717) is 0 Å². The Morgan fingerprint density at radius 1 is 0.311 bits per heavy atom. The third-order valence-electron chi connectivity index (χ3n) is 16.3. The molecular formula is C72H124N2. The van der Waals surface area contributed by atoms with Crippen molar-refractivity contribution in [1.82, 2.24) is 0 Å². The smallest absolute Gasteiger partial charge is 0.303 e. The molecule has 0 aliphatic rings. The summed E-state index contributed by atoms with van der Waals surface area (Å²) in [5.41, 5.74) is 20.9. The van der Waals surface area contributed by atoms with Gasteiger partial charge in [-0.05, 0) is 109 Å². The number of benzene rings is 2. The summed E-state index contributed by atoms with van der Waals surface area (Å²) in [6.45, 7) is 11.5. The lowest BCUT2D eigenvalue weighted by Gasteiger charge is -2.17. The van der Waals surface area contributed by atoms with E-state index in [0.717, 1.165) is 44.1 Å². The van der Waals surface area contributed by atoms with Crippen LogP contribution in [0.3, 0.4) is 0 Å². The fraction of sp³-hybridized carbons (Fsp3) is 0.778. The Morgan fingerprint density at radius 2 is 0.541 bits per heavy atom. The third kappa shape index (κ3) is 38.0. The standard InChI is InChI=1S/C72H124N2/c1-6-11-16-19-22-24-26-28-30-32-34-36-38-40-42-44-47-49-54-67-58-68(55-50-48-45-43-41-39-37-35-33-31-29-27-25-23-20-17-12-7-2)62-71(61-67)72(63-69(64-74-73)56-51-46-21-18-13-8-3)70-59-65(52-14-9-4)57-66(60-70)53-15-10-5/h57-63H,6-56H2,1-5H3. The second-order valence-electron chi connectivity index (χ2n) is 23.6. The molecule has 0 saturated carbocycles. The molecule has 2 rings (SSSR count). The molecule has 74 heavy (non-hydrogen) atoms. The summed E-state index contributed by atoms with van der Waals surface area (Å²) in [6.07, 6.45) is 71.1. The average molecular weight is 1020 g/mol. The van der Waals surface area contributed by atoms with Gasteiger partial charge in [0.2, 0.25) is 0 Å². The van der Waals surface area contributed by atoms with Crippen LogP contribution in [-0.4, -0.2) is 10.7 Å². The molecule has 0 spiro atoms. The first-order valence-corrected chi connectivity index (χ1v) is 33.5. The molecule has 0 amide bonds. The van der Waals surface area contributed by atoms with Crippen LogP contribution in [-0.2, 0) is 25.7 Å². The van der Waals surface area contributed by atoms with Crippen LogP contribution in [0.1, 0.15) is 370 Å². The summed E-state index contributed by atoms with van der Waals surface area (Å²) >= 11 is 0. The van der Waals surface area contributed by atoms with Crippen molar-refractivity contribution >= 4 is 11.4 Å². The fourth-order valence-electron chi connectivity index (χ4n) is 11.5. The van der Waals surface area contributed by atoms with Crippen molar-refractivity contribution in [3.63, 3.8) is 0 Å². The van der Waals surface area contributed by atoms with Gasteiger partial charge in [-0.2, -0.15) is 0 Å². The van der Waals surface area contributed by atoms with E-state index in [2.05, 4.69) is 87.8 Å². The number of rotatable bonds is 54. The van der Waals surface area contributed by atoms with E-state index in [1.165, 1.54) is 328 Å². The molecule has 0 N–H and O–H groups in total. The van der Waals surface area contributed by atoms with Gasteiger partial charge in [0.1, 0.15) is 0 Å². The molecule has 0 aromatic heterocycles. The van der Waals surface area contributed by atoms with Crippen molar-refractivity contribution in [2.24, 2.45) is 0 Å². The first-order chi connectivity index (χ1) is 36.6. The Balaban J connectivity index is 2.13. The van der Waals surface area contributed by atoms with E-state index in [1.807, 2.05) is 0 Å². The number of allylic oxidation sites excluding steroid dienone is 2. The maximum atomic E-state index is 9.96. The molecule has 0 unspecified atom stereocenters. The quantitative estimate of drug-likeness (QED) is 0.0208. The molecule has 2 aromatic carbocycles. The summed E-state index contributed by atoms with van der Waals surface area (Å²) in [4.78, 5) is 3.55. The third-order valence-corrected chi connectivity index (χ3v) is 16.3. The first-order valence-electron chi connectivity index (χ1n) is 33.5. The monoisotopic (exact) mass is 1020 g/mol. The van der Waals surface area contributed by atoms with Gasteiger partial charge in [0.15, 0.2) is 0 Å². The van der Waals surface area contributed by atoms with Crippen LogP contribution in [0.4, 0.5) is 0 Å². The van der Waals surface area contributed by atoms with Crippen molar-refractivity contribution in [3.05, 3.63) is 87.0 Å². The van der Waals surface area contributed by atoms with E-state index in [-0.39, 0.29) is 0 Å². The van der Waals surface area contributed by atoms with Crippen LogP contribution in [0.25, 0.3) is 11.1 Å². The SMILES string of the molecule is CCCCCCCCCCCCCCCCCCCCc1cc(CCCCCCCCCCCCCCCCCCCC)cc(C(=CC(=C=[N+]=[N-])CCCCCCCC)c2cc(CCCC)cc(CCCC)c2)c1. The molecule has 0 fully saturated rings. The van der Waals surface area contributed by atoms with Crippen molar-refractivity contribution in [1.29, 1.82) is 0 Å². The minimum atomic E-state index is 0.892. The van der Waals surface area contributed by atoms with Gasteiger partial charge in [-0.1, -0.05) is 334 Å². The second-order valence-corrected chi connectivity index (χ2v) is 23.6. The number of hydrogen-bond acceptors (Lipinski definition) is 0. The van der Waals surface area contributed by atoms with Crippen molar-refractivity contribution < 1.29 is 4.79 Å². The summed E-state index contributed by atoms with van der Waals surface area (Å²) in [5, 5.41) is 0. The summed E-state index contributed by atoms with van der Waals surface area (Å²) in [6, 6.07) is 15.2. The zero-order valence-corrected chi connectivity index (χ0v) is 50.5. The minimum Gasteiger partial charge on any atom is -0.348 e. The Hall–Kier alpha value is -2.66. The normalized spacial score (nSPS) is 11.7. The highest BCUT2D eigenvalue weighted by Crippen LogP contribution is 2.32. The van der Waals surface area contributed by atoms with Gasteiger partial charge in [-0.25, -0.2) is 0 Å². The second kappa shape index (κ2) is 51.1. The molecule has 0 aliphatic heterocycles. The number of unbranched alkanes of at least 4 members (excludes halogenated alkanes) is 41. The van der Waals surface area contributed by atoms with E-state index in [4.69, 9.17) is 0 Å². The summed E-state index contributed by atoms with van der Waals surface area (Å²) in [5.74, 6) is 3.08. The highest BCUT2D eigenvalue weighted by molar-refractivity contribution is 5.84. The summed E-state index contributed by atoms with van der Waals surface area (Å²) < 4.78 is 0. The Labute approximate surface area is 463 Å². The topological polar surface area (TPSA) is 36.4 Å². The molecule has 0 aliphatic carbocycles. The molecule has 2 nitrogen and oxygen atoms in total. The van der Waals surface area contributed by atoms with Crippen LogP contribution in [0, 0.1) is 0 Å². The largest absolute Gasteiger partial charge is 0.348 e. The van der Waals surface area contributed by atoms with E-state index < -0.39 is 0 Å². The highest BCUT2D eigenvalue weighted by atomic mass is 14.8. The Bertz CT molecular complexity index is 1600. The lowest BCUT2D eigenvalue weighted by Crippen LogP contribution is -2.00. The molecule has 2 aromatic rings. The molecule has 0 heterocycles. The Morgan fingerprint density at radius 3 is 0.797 bits per heavy atom. The Kier molecular flexibility index (Phi) is 46.6.